The number of hydrogen-bond acceptors (Lipinski definition) is 4. The molecule has 7 heteroatoms. The van der Waals surface area contributed by atoms with Crippen LogP contribution < -0.4 is 0 Å². The van der Waals surface area contributed by atoms with Crippen molar-refractivity contribution < 1.29 is 9.59 Å². The summed E-state index contributed by atoms with van der Waals surface area (Å²) in [4.78, 5) is 31.1. The molecule has 1 aromatic carbocycles. The van der Waals surface area contributed by atoms with Crippen LogP contribution in [-0.2, 0) is 9.59 Å². The lowest BCUT2D eigenvalue weighted by Gasteiger charge is -2.37. The van der Waals surface area contributed by atoms with Gasteiger partial charge in [-0.25, -0.2) is 0 Å². The molecular weight excluding hydrogens is 346 g/mol. The zero-order valence-electron chi connectivity index (χ0n) is 13.9. The second-order valence-corrected chi connectivity index (χ2v) is 7.77. The molecule has 0 bridgehead atoms. The summed E-state index contributed by atoms with van der Waals surface area (Å²) in [5.41, 5.74) is 0.896. The number of nitrogens with zero attached hydrogens (tertiary/aromatic N) is 3. The third kappa shape index (κ3) is 3.41. The Kier molecular flexibility index (Phi) is 5.37. The first-order valence-electron chi connectivity index (χ1n) is 8.13. The molecule has 0 aromatic heterocycles. The van der Waals surface area contributed by atoms with Gasteiger partial charge >= 0.3 is 0 Å². The number of benzene rings is 1. The summed E-state index contributed by atoms with van der Waals surface area (Å²) in [6.07, 6.45) is 0. The highest BCUT2D eigenvalue weighted by molar-refractivity contribution is 8.00. The van der Waals surface area contributed by atoms with Crippen LogP contribution in [-0.4, -0.2) is 71.5 Å². The predicted octanol–water partition coefficient (Wildman–Crippen LogP) is 2.08. The largest absolute Gasteiger partial charge is 0.338 e. The fraction of sp³-hybridized carbons (Fsp3) is 0.529. The molecule has 2 amide bonds. The lowest BCUT2D eigenvalue weighted by Crippen LogP contribution is -2.54. The average molecular weight is 368 g/mol. The molecule has 0 N–H and O–H groups in total. The van der Waals surface area contributed by atoms with Gasteiger partial charge in [0.05, 0.1) is 5.75 Å². The Hall–Kier alpha value is -1.24. The fourth-order valence-electron chi connectivity index (χ4n) is 3.18. The maximum atomic E-state index is 12.9. The lowest BCUT2D eigenvalue weighted by molar-refractivity contribution is -0.144. The van der Waals surface area contributed by atoms with E-state index in [2.05, 4.69) is 11.9 Å². The molecule has 130 valence electrons. The van der Waals surface area contributed by atoms with Crippen LogP contribution in [0.2, 0.25) is 5.02 Å². The topological polar surface area (TPSA) is 43.9 Å². The summed E-state index contributed by atoms with van der Waals surface area (Å²) in [5, 5.41) is 0.437. The van der Waals surface area contributed by atoms with Gasteiger partial charge in [-0.2, -0.15) is 0 Å². The van der Waals surface area contributed by atoms with E-state index in [1.54, 1.807) is 4.90 Å². The molecule has 2 fully saturated rings. The molecular formula is C17H22ClN3O2S. The van der Waals surface area contributed by atoms with Gasteiger partial charge in [0.1, 0.15) is 11.4 Å². The van der Waals surface area contributed by atoms with Crippen LogP contribution >= 0.6 is 23.4 Å². The Morgan fingerprint density at radius 3 is 2.58 bits per heavy atom. The lowest BCUT2D eigenvalue weighted by atomic mass is 10.1. The highest BCUT2D eigenvalue weighted by Crippen LogP contribution is 2.42. The van der Waals surface area contributed by atoms with Crippen molar-refractivity contribution in [2.45, 2.75) is 18.3 Å². The first-order valence-corrected chi connectivity index (χ1v) is 9.56. The zero-order valence-corrected chi connectivity index (χ0v) is 15.5. The van der Waals surface area contributed by atoms with Gasteiger partial charge in [0.15, 0.2) is 0 Å². The Bertz CT molecular complexity index is 634. The number of carbonyl (C=O) groups excluding carboxylic acids is 2. The van der Waals surface area contributed by atoms with Gasteiger partial charge in [0.25, 0.3) is 0 Å². The van der Waals surface area contributed by atoms with Crippen LogP contribution in [0.5, 0.6) is 0 Å². The van der Waals surface area contributed by atoms with Crippen molar-refractivity contribution >= 4 is 35.2 Å². The monoisotopic (exact) mass is 367 g/mol. The molecule has 0 aliphatic carbocycles. The molecule has 0 radical (unpaired) electrons. The van der Waals surface area contributed by atoms with Crippen LogP contribution in [0.3, 0.4) is 0 Å². The number of hydrogen-bond donors (Lipinski definition) is 0. The van der Waals surface area contributed by atoms with E-state index in [0.717, 1.165) is 18.7 Å². The standard InChI is InChI=1S/C17H22ClN3O2S/c1-12(16(23)20-9-7-19(2)8-10-20)21-15(22)11-24-17(21)13-5-3-4-6-14(13)18/h3-6,12,17H,7-11H2,1-2H3. The van der Waals surface area contributed by atoms with Crippen LogP contribution in [0.4, 0.5) is 0 Å². The van der Waals surface area contributed by atoms with Crippen LogP contribution in [0.1, 0.15) is 17.9 Å². The predicted molar refractivity (Wildman–Crippen MR) is 97.0 cm³/mol. The maximum absolute atomic E-state index is 12.9. The first kappa shape index (κ1) is 17.6. The number of halogens is 1. The minimum absolute atomic E-state index is 0.0000952. The van der Waals surface area contributed by atoms with E-state index in [9.17, 15) is 9.59 Å². The van der Waals surface area contributed by atoms with Gasteiger partial charge in [-0.3, -0.25) is 9.59 Å². The van der Waals surface area contributed by atoms with Crippen molar-refractivity contribution in [2.24, 2.45) is 0 Å². The van der Waals surface area contributed by atoms with E-state index in [-0.39, 0.29) is 17.2 Å². The highest BCUT2D eigenvalue weighted by atomic mass is 35.5. The van der Waals surface area contributed by atoms with E-state index in [4.69, 9.17) is 11.6 Å². The van der Waals surface area contributed by atoms with Gasteiger partial charge in [0, 0.05) is 36.8 Å². The van der Waals surface area contributed by atoms with E-state index >= 15 is 0 Å². The first-order chi connectivity index (χ1) is 11.5. The van der Waals surface area contributed by atoms with Crippen LogP contribution in [0.25, 0.3) is 0 Å². The van der Waals surface area contributed by atoms with Crippen LogP contribution in [0, 0.1) is 0 Å². The van der Waals surface area contributed by atoms with Crippen molar-refractivity contribution in [3.63, 3.8) is 0 Å². The van der Waals surface area contributed by atoms with Crippen molar-refractivity contribution in [1.82, 2.24) is 14.7 Å². The normalized spacial score (nSPS) is 23.6. The number of piperazine rings is 1. The van der Waals surface area contributed by atoms with Gasteiger partial charge in [0.2, 0.25) is 11.8 Å². The summed E-state index contributed by atoms with van der Waals surface area (Å²) in [5.74, 6) is 0.409. The molecule has 3 rings (SSSR count). The zero-order chi connectivity index (χ0) is 17.3. The molecule has 2 heterocycles. The summed E-state index contributed by atoms with van der Waals surface area (Å²) >= 11 is 7.85. The van der Waals surface area contributed by atoms with Crippen molar-refractivity contribution in [1.29, 1.82) is 0 Å². The molecule has 5 nitrogen and oxygen atoms in total. The number of likely N-dealkylation sites (N-methyl/N-ethyl adjacent to an activating group) is 1. The minimum atomic E-state index is -0.475. The summed E-state index contributed by atoms with van der Waals surface area (Å²) < 4.78 is 0. The maximum Gasteiger partial charge on any atom is 0.245 e. The van der Waals surface area contributed by atoms with Gasteiger partial charge in [-0.05, 0) is 20.0 Å². The number of thioether (sulfide) groups is 1. The molecule has 24 heavy (non-hydrogen) atoms. The molecule has 1 aromatic rings. The Labute approximate surface area is 151 Å². The molecule has 2 aliphatic rings. The number of carbonyl (C=O) groups is 2. The molecule has 0 saturated carbocycles. The Balaban J connectivity index is 1.79. The second-order valence-electron chi connectivity index (χ2n) is 6.29. The fourth-order valence-corrected chi connectivity index (χ4v) is 4.78. The van der Waals surface area contributed by atoms with Gasteiger partial charge < -0.3 is 14.7 Å². The number of amides is 2. The highest BCUT2D eigenvalue weighted by Gasteiger charge is 2.40. The second kappa shape index (κ2) is 7.33. The SMILES string of the molecule is CC(C(=O)N1CCN(C)CC1)N1C(=O)CSC1c1ccccc1Cl. The molecule has 2 unspecified atom stereocenters. The third-order valence-electron chi connectivity index (χ3n) is 4.67. The summed E-state index contributed by atoms with van der Waals surface area (Å²) in [7, 11) is 2.05. The van der Waals surface area contributed by atoms with Gasteiger partial charge in [-0.15, -0.1) is 11.8 Å². The molecule has 2 saturated heterocycles. The van der Waals surface area contributed by atoms with E-state index in [1.807, 2.05) is 36.1 Å². The minimum Gasteiger partial charge on any atom is -0.338 e. The number of rotatable bonds is 3. The quantitative estimate of drug-likeness (QED) is 0.820. The summed E-state index contributed by atoms with van der Waals surface area (Å²) in [6.45, 7) is 5.00. The molecule has 2 atom stereocenters. The van der Waals surface area contributed by atoms with Crippen molar-refractivity contribution in [2.75, 3.05) is 39.0 Å². The van der Waals surface area contributed by atoms with Gasteiger partial charge in [-0.1, -0.05) is 29.8 Å². The third-order valence-corrected chi connectivity index (χ3v) is 6.22. The Morgan fingerprint density at radius 1 is 1.25 bits per heavy atom. The van der Waals surface area contributed by atoms with Crippen molar-refractivity contribution in [3.05, 3.63) is 34.9 Å². The molecule has 2 aliphatic heterocycles. The smallest absolute Gasteiger partial charge is 0.245 e. The van der Waals surface area contributed by atoms with Crippen molar-refractivity contribution in [3.8, 4) is 0 Å². The average Bonchev–Trinajstić information content (AvgIpc) is 2.96. The summed E-state index contributed by atoms with van der Waals surface area (Å²) in [6, 6.07) is 7.06. The Morgan fingerprint density at radius 2 is 1.92 bits per heavy atom. The molecule has 0 spiro atoms. The van der Waals surface area contributed by atoms with E-state index in [1.165, 1.54) is 11.8 Å². The van der Waals surface area contributed by atoms with E-state index in [0.29, 0.717) is 23.9 Å². The van der Waals surface area contributed by atoms with Crippen LogP contribution in [0.15, 0.2) is 24.3 Å². The van der Waals surface area contributed by atoms with E-state index < -0.39 is 6.04 Å².